The van der Waals surface area contributed by atoms with Crippen molar-refractivity contribution in [1.82, 2.24) is 4.90 Å². The van der Waals surface area contributed by atoms with Crippen LogP contribution in [0.25, 0.3) is 0 Å². The smallest absolute Gasteiger partial charge is 0.339 e. The number of aromatic hydroxyl groups is 1. The van der Waals surface area contributed by atoms with Crippen LogP contribution in [0, 0.1) is 18.8 Å². The van der Waals surface area contributed by atoms with Crippen molar-refractivity contribution >= 4 is 17.6 Å². The zero-order valence-electron chi connectivity index (χ0n) is 19.2. The van der Waals surface area contributed by atoms with Crippen LogP contribution in [0.15, 0.2) is 30.3 Å². The maximum atomic E-state index is 11.5. The van der Waals surface area contributed by atoms with Gasteiger partial charge < -0.3 is 19.7 Å². The Morgan fingerprint density at radius 1 is 1.27 bits per heavy atom. The first-order valence-corrected chi connectivity index (χ1v) is 11.9. The van der Waals surface area contributed by atoms with E-state index in [2.05, 4.69) is 18.7 Å². The minimum Gasteiger partial charge on any atom is -0.507 e. The van der Waals surface area contributed by atoms with Gasteiger partial charge in [-0.05, 0) is 74.9 Å². The molecule has 3 aliphatic rings. The molecule has 2 aromatic carbocycles. The van der Waals surface area contributed by atoms with Crippen LogP contribution in [0.4, 0.5) is 0 Å². The highest BCUT2D eigenvalue weighted by molar-refractivity contribution is 6.30. The second-order valence-electron chi connectivity index (χ2n) is 10.2. The number of hydrogen-bond donors (Lipinski definition) is 2. The lowest BCUT2D eigenvalue weighted by atomic mass is 9.70. The summed E-state index contributed by atoms with van der Waals surface area (Å²) in [5.74, 6) is 0.192. The van der Waals surface area contributed by atoms with E-state index in [1.165, 1.54) is 0 Å². The lowest BCUT2D eigenvalue weighted by Gasteiger charge is -2.53. The van der Waals surface area contributed by atoms with Gasteiger partial charge in [0, 0.05) is 36.1 Å². The van der Waals surface area contributed by atoms with Crippen LogP contribution in [0.2, 0.25) is 5.02 Å². The molecule has 2 fully saturated rings. The molecule has 7 heteroatoms. The monoisotopic (exact) mass is 471 g/mol. The number of fused-ring (bicyclic) bond motifs is 4. The molecule has 2 N–H and O–H groups in total. The van der Waals surface area contributed by atoms with Crippen molar-refractivity contribution in [3.63, 3.8) is 0 Å². The highest BCUT2D eigenvalue weighted by Crippen LogP contribution is 2.53. The second-order valence-corrected chi connectivity index (χ2v) is 10.7. The molecule has 176 valence electrons. The number of aromatic carboxylic acids is 1. The third-order valence-corrected chi connectivity index (χ3v) is 7.77. The first-order chi connectivity index (χ1) is 15.6. The number of aryl methyl sites for hydroxylation is 1. The summed E-state index contributed by atoms with van der Waals surface area (Å²) in [6.07, 6.45) is 2.08. The first kappa shape index (κ1) is 22.5. The highest BCUT2D eigenvalue weighted by atomic mass is 35.5. The van der Waals surface area contributed by atoms with E-state index in [0.29, 0.717) is 23.0 Å². The largest absolute Gasteiger partial charge is 0.507 e. The Morgan fingerprint density at radius 3 is 2.82 bits per heavy atom. The fraction of sp³-hybridized carbons (Fsp3) is 0.500. The second kappa shape index (κ2) is 8.19. The summed E-state index contributed by atoms with van der Waals surface area (Å²) in [6, 6.07) is 9.25. The molecule has 4 atom stereocenters. The molecule has 3 heterocycles. The van der Waals surface area contributed by atoms with E-state index < -0.39 is 5.97 Å². The average Bonchev–Trinajstić information content (AvgIpc) is 2.75. The quantitative estimate of drug-likeness (QED) is 0.641. The molecule has 0 radical (unpaired) electrons. The minimum absolute atomic E-state index is 0.0203. The number of benzene rings is 2. The number of ether oxygens (including phenoxy) is 2. The van der Waals surface area contributed by atoms with Crippen LogP contribution >= 0.6 is 11.6 Å². The topological polar surface area (TPSA) is 79.2 Å². The van der Waals surface area contributed by atoms with Crippen LogP contribution in [0.3, 0.4) is 0 Å². The van der Waals surface area contributed by atoms with Gasteiger partial charge in [-0.3, -0.25) is 4.90 Å². The van der Waals surface area contributed by atoms with Gasteiger partial charge in [0.25, 0.3) is 0 Å². The minimum atomic E-state index is -1.11. The van der Waals surface area contributed by atoms with E-state index in [1.54, 1.807) is 13.0 Å². The normalized spacial score (nSPS) is 28.2. The third kappa shape index (κ3) is 4.09. The van der Waals surface area contributed by atoms with Crippen LogP contribution in [-0.4, -0.2) is 45.9 Å². The lowest BCUT2D eigenvalue weighted by Crippen LogP contribution is -2.55. The van der Waals surface area contributed by atoms with Crippen molar-refractivity contribution in [2.75, 3.05) is 13.1 Å². The Morgan fingerprint density at radius 2 is 2.06 bits per heavy atom. The van der Waals surface area contributed by atoms with Crippen molar-refractivity contribution in [2.24, 2.45) is 11.8 Å². The number of carbonyl (C=O) groups is 1. The molecule has 6 nitrogen and oxygen atoms in total. The molecule has 0 aliphatic carbocycles. The molecule has 0 aromatic heterocycles. The van der Waals surface area contributed by atoms with Crippen molar-refractivity contribution in [2.45, 2.75) is 58.0 Å². The van der Waals surface area contributed by atoms with Crippen molar-refractivity contribution < 1.29 is 24.5 Å². The molecular formula is C26H30ClNO5. The maximum absolute atomic E-state index is 11.5. The number of likely N-dealkylation sites (tertiary alicyclic amines) is 1. The SMILES string of the molecule is Cc1cc(CN2CC[C@@H]3O[C@@H]4c5cc(Cl)ccc5OC(C)(C)[C@H]4C[C@@H]3C2)cc(C(=O)O)c1O. The predicted molar refractivity (Wildman–Crippen MR) is 125 cm³/mol. The molecule has 0 saturated carbocycles. The van der Waals surface area contributed by atoms with Gasteiger partial charge in [0.05, 0.1) is 12.2 Å². The average molecular weight is 472 g/mol. The van der Waals surface area contributed by atoms with Crippen molar-refractivity contribution in [3.8, 4) is 11.5 Å². The number of piperidine rings is 1. The Labute approximate surface area is 199 Å². The summed E-state index contributed by atoms with van der Waals surface area (Å²) in [7, 11) is 0. The van der Waals surface area contributed by atoms with Gasteiger partial charge in [0.2, 0.25) is 0 Å². The van der Waals surface area contributed by atoms with Crippen LogP contribution in [-0.2, 0) is 11.3 Å². The lowest BCUT2D eigenvalue weighted by molar-refractivity contribution is -0.187. The van der Waals surface area contributed by atoms with Crippen LogP contribution < -0.4 is 4.74 Å². The van der Waals surface area contributed by atoms with E-state index in [4.69, 9.17) is 21.1 Å². The molecule has 3 aliphatic heterocycles. The summed E-state index contributed by atoms with van der Waals surface area (Å²) in [6.45, 7) is 8.43. The number of hydrogen-bond acceptors (Lipinski definition) is 5. The molecule has 2 aromatic rings. The molecule has 2 saturated heterocycles. The van der Waals surface area contributed by atoms with Gasteiger partial charge >= 0.3 is 5.97 Å². The summed E-state index contributed by atoms with van der Waals surface area (Å²) in [4.78, 5) is 13.9. The maximum Gasteiger partial charge on any atom is 0.339 e. The van der Waals surface area contributed by atoms with Gasteiger partial charge in [-0.15, -0.1) is 0 Å². The molecule has 5 rings (SSSR count). The van der Waals surface area contributed by atoms with Gasteiger partial charge in [-0.2, -0.15) is 0 Å². The van der Waals surface area contributed by atoms with E-state index in [0.717, 1.165) is 42.8 Å². The molecule has 33 heavy (non-hydrogen) atoms. The Balaban J connectivity index is 1.34. The molecule has 0 amide bonds. The number of nitrogens with zero attached hydrogens (tertiary/aromatic N) is 1. The van der Waals surface area contributed by atoms with E-state index in [-0.39, 0.29) is 35.0 Å². The zero-order chi connectivity index (χ0) is 23.5. The number of carboxylic acids is 1. The number of carboxylic acid groups (broad SMARTS) is 1. The molecule has 0 spiro atoms. The van der Waals surface area contributed by atoms with E-state index in [1.807, 2.05) is 24.3 Å². The summed E-state index contributed by atoms with van der Waals surface area (Å²) < 4.78 is 13.1. The van der Waals surface area contributed by atoms with Gasteiger partial charge in [0.1, 0.15) is 22.7 Å². The fourth-order valence-electron chi connectivity index (χ4n) is 5.87. The number of phenols is 1. The standard InChI is InChI=1S/C26H30ClNO5/c1-14-8-15(9-19(23(14)29)25(30)31)12-28-7-6-21-16(13-28)10-20-24(32-21)18-11-17(27)4-5-22(18)33-26(20,2)3/h4-5,8-9,11,16,20-21,24,29H,6-7,10,12-13H2,1-3H3,(H,30,31)/t16-,20+,21+,24-/m1/s1. The fourth-order valence-corrected chi connectivity index (χ4v) is 6.05. The Bertz CT molecular complexity index is 1100. The molecular weight excluding hydrogens is 442 g/mol. The summed E-state index contributed by atoms with van der Waals surface area (Å²) in [5, 5.41) is 20.2. The molecule has 0 bridgehead atoms. The van der Waals surface area contributed by atoms with Gasteiger partial charge in [-0.1, -0.05) is 17.7 Å². The number of rotatable bonds is 3. The first-order valence-electron chi connectivity index (χ1n) is 11.5. The summed E-state index contributed by atoms with van der Waals surface area (Å²) in [5.41, 5.74) is 2.15. The Kier molecular flexibility index (Phi) is 5.58. The van der Waals surface area contributed by atoms with Gasteiger partial charge in [0.15, 0.2) is 0 Å². The molecule has 0 unspecified atom stereocenters. The number of halogens is 1. The van der Waals surface area contributed by atoms with E-state index >= 15 is 0 Å². The van der Waals surface area contributed by atoms with E-state index in [9.17, 15) is 15.0 Å². The predicted octanol–water partition coefficient (Wildman–Crippen LogP) is 5.19. The van der Waals surface area contributed by atoms with Crippen LogP contribution in [0.1, 0.15) is 59.8 Å². The third-order valence-electron chi connectivity index (χ3n) is 7.53. The van der Waals surface area contributed by atoms with Crippen LogP contribution in [0.5, 0.6) is 11.5 Å². The highest BCUT2D eigenvalue weighted by Gasteiger charge is 2.51. The van der Waals surface area contributed by atoms with Crippen molar-refractivity contribution in [1.29, 1.82) is 0 Å². The zero-order valence-corrected chi connectivity index (χ0v) is 19.9. The van der Waals surface area contributed by atoms with Gasteiger partial charge in [-0.25, -0.2) is 4.79 Å². The summed E-state index contributed by atoms with van der Waals surface area (Å²) >= 11 is 6.29. The van der Waals surface area contributed by atoms with Crippen molar-refractivity contribution in [3.05, 3.63) is 57.6 Å². The Hall–Kier alpha value is -2.28.